The van der Waals surface area contributed by atoms with Crippen LogP contribution in [0.15, 0.2) is 0 Å². The Hall–Kier alpha value is -0.620. The number of hydrogen-bond acceptors (Lipinski definition) is 4. The van der Waals surface area contributed by atoms with E-state index in [0.29, 0.717) is 0 Å². The van der Waals surface area contributed by atoms with E-state index in [1.807, 2.05) is 0 Å². The van der Waals surface area contributed by atoms with Crippen LogP contribution in [0.25, 0.3) is 0 Å². The summed E-state index contributed by atoms with van der Waals surface area (Å²) in [5.74, 6) is 0. The summed E-state index contributed by atoms with van der Waals surface area (Å²) in [7, 11) is -2.93. The summed E-state index contributed by atoms with van der Waals surface area (Å²) in [6.45, 7) is 0. The molecule has 0 heterocycles. The topological polar surface area (TPSA) is 93.2 Å². The largest absolute Gasteiger partial charge is 0.373 e. The van der Waals surface area contributed by atoms with E-state index in [9.17, 15) is 8.42 Å². The third kappa shape index (κ3) is 1.47. The van der Waals surface area contributed by atoms with Gasteiger partial charge >= 0.3 is 10.1 Å². The first-order valence-electron chi connectivity index (χ1n) is 1.65. The standard InChI is InChI=1S/C2H6N2O3S/c1-7-8(5,6)2(3)4/h1H3,(H3,3,4). The number of hydrogen-bond donors (Lipinski definition) is 2. The Morgan fingerprint density at radius 3 is 2.12 bits per heavy atom. The van der Waals surface area contributed by atoms with Crippen LogP contribution < -0.4 is 5.73 Å². The van der Waals surface area contributed by atoms with Gasteiger partial charge in [-0.2, -0.15) is 8.42 Å². The second kappa shape index (κ2) is 2.10. The lowest BCUT2D eigenvalue weighted by atomic mass is 11.4. The number of amidine groups is 1. The molecule has 0 aromatic carbocycles. The van der Waals surface area contributed by atoms with Crippen molar-refractivity contribution >= 4 is 15.3 Å². The van der Waals surface area contributed by atoms with E-state index in [-0.39, 0.29) is 0 Å². The van der Waals surface area contributed by atoms with Gasteiger partial charge in [-0.05, 0) is 0 Å². The van der Waals surface area contributed by atoms with Crippen molar-refractivity contribution < 1.29 is 12.6 Å². The maximum Gasteiger partial charge on any atom is 0.329 e. The van der Waals surface area contributed by atoms with Gasteiger partial charge in [0.25, 0.3) is 0 Å². The minimum Gasteiger partial charge on any atom is -0.373 e. The summed E-state index contributed by atoms with van der Waals surface area (Å²) >= 11 is 0. The zero-order chi connectivity index (χ0) is 6.78. The van der Waals surface area contributed by atoms with E-state index in [0.717, 1.165) is 7.11 Å². The smallest absolute Gasteiger partial charge is 0.329 e. The van der Waals surface area contributed by atoms with Crippen LogP contribution in [0.5, 0.6) is 0 Å². The molecule has 0 rings (SSSR count). The molecule has 0 aliphatic carbocycles. The van der Waals surface area contributed by atoms with Crippen LogP contribution in [0.4, 0.5) is 0 Å². The van der Waals surface area contributed by atoms with Gasteiger partial charge in [-0.25, -0.2) is 0 Å². The van der Waals surface area contributed by atoms with Crippen LogP contribution in [-0.4, -0.2) is 20.7 Å². The van der Waals surface area contributed by atoms with Gasteiger partial charge < -0.3 is 5.73 Å². The lowest BCUT2D eigenvalue weighted by Crippen LogP contribution is -2.23. The van der Waals surface area contributed by atoms with Gasteiger partial charge in [0.2, 0.25) is 5.17 Å². The fourth-order valence-corrected chi connectivity index (χ4v) is 0.269. The molecule has 0 aromatic heterocycles. The van der Waals surface area contributed by atoms with Crippen molar-refractivity contribution in [3.05, 3.63) is 0 Å². The van der Waals surface area contributed by atoms with E-state index in [1.54, 1.807) is 0 Å². The molecular weight excluding hydrogens is 132 g/mol. The molecule has 0 saturated heterocycles. The molecule has 0 aromatic rings. The maximum absolute atomic E-state index is 10.1. The van der Waals surface area contributed by atoms with Gasteiger partial charge in [-0.1, -0.05) is 0 Å². The average molecular weight is 138 g/mol. The van der Waals surface area contributed by atoms with Crippen molar-refractivity contribution in [1.29, 1.82) is 5.41 Å². The molecule has 3 N–H and O–H groups in total. The van der Waals surface area contributed by atoms with Crippen LogP contribution in [-0.2, 0) is 14.3 Å². The highest BCUT2D eigenvalue weighted by Crippen LogP contribution is 1.84. The zero-order valence-corrected chi connectivity index (χ0v) is 5.03. The molecule has 0 fully saturated rings. The molecule has 48 valence electrons. The molecule has 6 heteroatoms. The van der Waals surface area contributed by atoms with E-state index in [2.05, 4.69) is 9.92 Å². The molecule has 0 atom stereocenters. The number of nitrogens with one attached hydrogen (secondary N) is 1. The minimum atomic E-state index is -3.87. The van der Waals surface area contributed by atoms with E-state index < -0.39 is 15.3 Å². The third-order valence-corrected chi connectivity index (χ3v) is 1.47. The number of nitrogens with two attached hydrogens (primary N) is 1. The van der Waals surface area contributed by atoms with Gasteiger partial charge in [0.05, 0.1) is 7.11 Å². The van der Waals surface area contributed by atoms with Crippen molar-refractivity contribution in [2.45, 2.75) is 0 Å². The van der Waals surface area contributed by atoms with Crippen molar-refractivity contribution in [3.63, 3.8) is 0 Å². The van der Waals surface area contributed by atoms with E-state index >= 15 is 0 Å². The first-order valence-corrected chi connectivity index (χ1v) is 3.06. The SMILES string of the molecule is COS(=O)(=O)C(=N)N. The first kappa shape index (κ1) is 7.38. The molecule has 0 radical (unpaired) electrons. The van der Waals surface area contributed by atoms with Crippen LogP contribution in [0, 0.1) is 5.41 Å². The predicted octanol–water partition coefficient (Wildman–Crippen LogP) is -1.14. The molecule has 0 unspecified atom stereocenters. The highest BCUT2D eigenvalue weighted by atomic mass is 32.2. The van der Waals surface area contributed by atoms with Crippen LogP contribution >= 0.6 is 0 Å². The monoisotopic (exact) mass is 138 g/mol. The quantitative estimate of drug-likeness (QED) is 0.272. The molecule has 0 spiro atoms. The van der Waals surface area contributed by atoms with Gasteiger partial charge in [-0.3, -0.25) is 9.59 Å². The fraction of sp³-hybridized carbons (Fsp3) is 0.500. The first-order chi connectivity index (χ1) is 3.50. The summed E-state index contributed by atoms with van der Waals surface area (Å²) in [5.41, 5.74) is 4.55. The van der Waals surface area contributed by atoms with Crippen LogP contribution in [0.2, 0.25) is 0 Å². The summed E-state index contributed by atoms with van der Waals surface area (Å²) in [4.78, 5) is 0. The Labute approximate surface area is 47.1 Å². The van der Waals surface area contributed by atoms with Crippen molar-refractivity contribution in [2.75, 3.05) is 7.11 Å². The Morgan fingerprint density at radius 2 is 2.12 bits per heavy atom. The molecule has 0 saturated carbocycles. The Morgan fingerprint density at radius 1 is 1.75 bits per heavy atom. The summed E-state index contributed by atoms with van der Waals surface area (Å²) in [6, 6.07) is 0. The molecule has 5 nitrogen and oxygen atoms in total. The predicted molar refractivity (Wildman–Crippen MR) is 27.8 cm³/mol. The highest BCUT2D eigenvalue weighted by molar-refractivity contribution is 8.02. The van der Waals surface area contributed by atoms with Gasteiger partial charge in [-0.15, -0.1) is 0 Å². The summed E-state index contributed by atoms with van der Waals surface area (Å²) in [6.07, 6.45) is 0. The lowest BCUT2D eigenvalue weighted by Gasteiger charge is -1.93. The van der Waals surface area contributed by atoms with Crippen molar-refractivity contribution in [3.8, 4) is 0 Å². The summed E-state index contributed by atoms with van der Waals surface area (Å²) in [5, 5.41) is 5.39. The Bertz CT molecular complexity index is 181. The second-order valence-corrected chi connectivity index (χ2v) is 2.67. The van der Waals surface area contributed by atoms with Gasteiger partial charge in [0.1, 0.15) is 0 Å². The van der Waals surface area contributed by atoms with Crippen molar-refractivity contribution in [1.82, 2.24) is 0 Å². The zero-order valence-electron chi connectivity index (χ0n) is 4.21. The summed E-state index contributed by atoms with van der Waals surface area (Å²) < 4.78 is 24.1. The van der Waals surface area contributed by atoms with Crippen molar-refractivity contribution in [2.24, 2.45) is 5.73 Å². The molecular formula is C2H6N2O3S. The third-order valence-electron chi connectivity index (χ3n) is 0.489. The lowest BCUT2D eigenvalue weighted by molar-refractivity contribution is 0.409. The Kier molecular flexibility index (Phi) is 1.94. The van der Waals surface area contributed by atoms with E-state index in [4.69, 9.17) is 5.41 Å². The Balaban J connectivity index is 4.42. The molecule has 0 aliphatic rings. The normalized spacial score (nSPS) is 11.1. The van der Waals surface area contributed by atoms with Gasteiger partial charge in [0, 0.05) is 0 Å². The molecule has 0 amide bonds. The van der Waals surface area contributed by atoms with Crippen LogP contribution in [0.3, 0.4) is 0 Å². The van der Waals surface area contributed by atoms with Gasteiger partial charge in [0.15, 0.2) is 0 Å². The minimum absolute atomic E-state index is 0.941. The average Bonchev–Trinajstić information content (AvgIpc) is 1.67. The molecule has 0 bridgehead atoms. The highest BCUT2D eigenvalue weighted by Gasteiger charge is 2.10. The van der Waals surface area contributed by atoms with Crippen LogP contribution in [0.1, 0.15) is 0 Å². The van der Waals surface area contributed by atoms with E-state index in [1.165, 1.54) is 0 Å². The second-order valence-electron chi connectivity index (χ2n) is 0.985. The number of rotatable bonds is 1. The fourth-order valence-electron chi connectivity index (χ4n) is 0.0898. The molecule has 8 heavy (non-hydrogen) atoms. The maximum atomic E-state index is 10.1. The molecule has 0 aliphatic heterocycles.